The number of halogens is 1. The normalized spacial score (nSPS) is 15.3. The molecule has 0 saturated carbocycles. The number of aliphatic carboxylic acids is 1. The van der Waals surface area contributed by atoms with Crippen LogP contribution in [-0.2, 0) is 22.4 Å². The fourth-order valence-corrected chi connectivity index (χ4v) is 4.51. The zero-order valence-electron chi connectivity index (χ0n) is 19.8. The van der Waals surface area contributed by atoms with Crippen molar-refractivity contribution in [3.8, 4) is 0 Å². The van der Waals surface area contributed by atoms with Crippen LogP contribution in [0.2, 0.25) is 5.02 Å². The van der Waals surface area contributed by atoms with E-state index < -0.39 is 11.9 Å². The Balaban J connectivity index is 1.77. The summed E-state index contributed by atoms with van der Waals surface area (Å²) in [4.78, 5) is 31.6. The lowest BCUT2D eigenvalue weighted by atomic mass is 9.89. The summed E-state index contributed by atoms with van der Waals surface area (Å²) >= 11 is 6.15. The van der Waals surface area contributed by atoms with Crippen molar-refractivity contribution in [1.29, 1.82) is 0 Å². The molecule has 180 valence electrons. The summed E-state index contributed by atoms with van der Waals surface area (Å²) < 4.78 is 0. The molecular formula is C28H28ClN3O3. The third-order valence-corrected chi connectivity index (χ3v) is 6.16. The van der Waals surface area contributed by atoms with Gasteiger partial charge < -0.3 is 15.3 Å². The number of aliphatic imine (C=N–C) groups is 1. The van der Waals surface area contributed by atoms with Crippen LogP contribution in [0.1, 0.15) is 34.6 Å². The second kappa shape index (κ2) is 10.8. The van der Waals surface area contributed by atoms with Crippen molar-refractivity contribution in [1.82, 2.24) is 4.90 Å². The molecule has 2 N–H and O–H groups in total. The highest BCUT2D eigenvalue weighted by molar-refractivity contribution is 6.31. The monoisotopic (exact) mass is 489 g/mol. The smallest absolute Gasteiger partial charge is 0.307 e. The highest BCUT2D eigenvalue weighted by Gasteiger charge is 2.35. The lowest BCUT2D eigenvalue weighted by molar-refractivity contribution is -0.136. The van der Waals surface area contributed by atoms with Gasteiger partial charge >= 0.3 is 5.97 Å². The van der Waals surface area contributed by atoms with Gasteiger partial charge in [-0.2, -0.15) is 0 Å². The third-order valence-electron chi connectivity index (χ3n) is 5.93. The van der Waals surface area contributed by atoms with E-state index in [-0.39, 0.29) is 12.3 Å². The molecule has 6 nitrogen and oxygen atoms in total. The number of hydrogen-bond acceptors (Lipinski definition) is 4. The van der Waals surface area contributed by atoms with E-state index in [2.05, 4.69) is 30.4 Å². The third kappa shape index (κ3) is 6.15. The zero-order chi connectivity index (χ0) is 24.9. The van der Waals surface area contributed by atoms with Gasteiger partial charge in [0.1, 0.15) is 5.92 Å². The Bertz CT molecular complexity index is 1290. The number of anilines is 1. The number of amides is 1. The van der Waals surface area contributed by atoms with E-state index in [1.54, 1.807) is 30.3 Å². The number of benzene rings is 3. The molecule has 0 bridgehead atoms. The lowest BCUT2D eigenvalue weighted by Crippen LogP contribution is -2.22. The molecule has 1 amide bonds. The van der Waals surface area contributed by atoms with Crippen molar-refractivity contribution in [2.45, 2.75) is 25.2 Å². The molecule has 1 atom stereocenters. The molecule has 3 aromatic rings. The van der Waals surface area contributed by atoms with E-state index in [9.17, 15) is 14.7 Å². The predicted molar refractivity (Wildman–Crippen MR) is 140 cm³/mol. The van der Waals surface area contributed by atoms with Gasteiger partial charge in [0.05, 0.1) is 17.8 Å². The Morgan fingerprint density at radius 1 is 1.06 bits per heavy atom. The largest absolute Gasteiger partial charge is 0.481 e. The van der Waals surface area contributed by atoms with E-state index in [0.717, 1.165) is 30.6 Å². The van der Waals surface area contributed by atoms with E-state index in [4.69, 9.17) is 16.6 Å². The lowest BCUT2D eigenvalue weighted by Gasteiger charge is -2.15. The van der Waals surface area contributed by atoms with Gasteiger partial charge in [0.15, 0.2) is 0 Å². The number of fused-ring (bicyclic) bond motifs is 1. The first-order chi connectivity index (χ1) is 16.8. The van der Waals surface area contributed by atoms with Crippen LogP contribution >= 0.6 is 11.6 Å². The minimum Gasteiger partial charge on any atom is -0.481 e. The summed E-state index contributed by atoms with van der Waals surface area (Å²) in [6.45, 7) is 0.997. The second-order valence-corrected chi connectivity index (χ2v) is 9.43. The molecule has 7 heteroatoms. The average molecular weight is 490 g/mol. The summed E-state index contributed by atoms with van der Waals surface area (Å²) in [5.41, 5.74) is 5.32. The standard InChI is InChI=1S/C28H28ClN3O3/c1-32(2)13-5-8-18-6-4-10-22(15-18)30-27(20-9-3-7-19(14-20)16-25(33)34)26-23-12-11-21(29)17-24(23)31-28(26)35/h3-4,6-7,9-12,14-15,17,26H,5,8,13,16H2,1-2H3,(H,31,35)(H,33,34). The van der Waals surface area contributed by atoms with Crippen LogP contribution in [0.3, 0.4) is 0 Å². The average Bonchev–Trinajstić information content (AvgIpc) is 3.11. The molecule has 1 heterocycles. The molecule has 3 aromatic carbocycles. The van der Waals surface area contributed by atoms with Crippen LogP contribution in [0.25, 0.3) is 0 Å². The summed E-state index contributed by atoms with van der Waals surface area (Å²) in [5.74, 6) is -1.74. The van der Waals surface area contributed by atoms with Gasteiger partial charge in [0, 0.05) is 10.7 Å². The van der Waals surface area contributed by atoms with E-state index in [1.807, 2.05) is 30.3 Å². The first-order valence-corrected chi connectivity index (χ1v) is 11.9. The van der Waals surface area contributed by atoms with Gasteiger partial charge in [-0.1, -0.05) is 48.0 Å². The van der Waals surface area contributed by atoms with Crippen LogP contribution in [0.15, 0.2) is 71.7 Å². The molecule has 1 aliphatic heterocycles. The fourth-order valence-electron chi connectivity index (χ4n) is 4.34. The van der Waals surface area contributed by atoms with Crippen LogP contribution < -0.4 is 5.32 Å². The highest BCUT2D eigenvalue weighted by Crippen LogP contribution is 2.38. The maximum absolute atomic E-state index is 13.1. The summed E-state index contributed by atoms with van der Waals surface area (Å²) in [6.07, 6.45) is 1.85. The maximum Gasteiger partial charge on any atom is 0.307 e. The van der Waals surface area contributed by atoms with Crippen LogP contribution in [0.5, 0.6) is 0 Å². The molecular weight excluding hydrogens is 462 g/mol. The number of hydrogen-bond donors (Lipinski definition) is 2. The van der Waals surface area contributed by atoms with Crippen molar-refractivity contribution in [3.05, 3.63) is 94.0 Å². The van der Waals surface area contributed by atoms with Gasteiger partial charge in [-0.3, -0.25) is 14.6 Å². The summed E-state index contributed by atoms with van der Waals surface area (Å²) in [6, 6.07) is 20.6. The molecule has 0 fully saturated rings. The molecule has 1 aliphatic rings. The molecule has 0 aromatic heterocycles. The number of carboxylic acid groups (broad SMARTS) is 1. The molecule has 0 radical (unpaired) electrons. The van der Waals surface area contributed by atoms with E-state index in [0.29, 0.717) is 27.5 Å². The Morgan fingerprint density at radius 2 is 1.83 bits per heavy atom. The first kappa shape index (κ1) is 24.6. The Kier molecular flexibility index (Phi) is 7.63. The number of nitrogens with zero attached hydrogens (tertiary/aromatic N) is 2. The summed E-state index contributed by atoms with van der Waals surface area (Å²) in [5, 5.41) is 12.7. The number of carbonyl (C=O) groups excluding carboxylic acids is 1. The predicted octanol–water partition coefficient (Wildman–Crippen LogP) is 5.32. The number of aryl methyl sites for hydroxylation is 1. The maximum atomic E-state index is 13.1. The van der Waals surface area contributed by atoms with Crippen molar-refractivity contribution in [2.24, 2.45) is 4.99 Å². The minimum absolute atomic E-state index is 0.106. The highest BCUT2D eigenvalue weighted by atomic mass is 35.5. The second-order valence-electron chi connectivity index (χ2n) is 9.00. The molecule has 35 heavy (non-hydrogen) atoms. The SMILES string of the molecule is CN(C)CCCc1cccc(N=C(c2cccc(CC(=O)O)c2)C2C(=O)Nc3cc(Cl)ccc32)c1. The minimum atomic E-state index is -0.912. The van der Waals surface area contributed by atoms with E-state index in [1.165, 1.54) is 5.56 Å². The van der Waals surface area contributed by atoms with Gasteiger partial charge in [-0.15, -0.1) is 0 Å². The Labute approximate surface area is 210 Å². The molecule has 0 aliphatic carbocycles. The van der Waals surface area contributed by atoms with Crippen molar-refractivity contribution < 1.29 is 14.7 Å². The van der Waals surface area contributed by atoms with Crippen LogP contribution in [0.4, 0.5) is 11.4 Å². The van der Waals surface area contributed by atoms with Crippen molar-refractivity contribution >= 4 is 40.6 Å². The summed E-state index contributed by atoms with van der Waals surface area (Å²) in [7, 11) is 4.12. The molecule has 0 spiro atoms. The van der Waals surface area contributed by atoms with E-state index >= 15 is 0 Å². The number of carbonyl (C=O) groups is 2. The molecule has 4 rings (SSSR count). The number of carboxylic acids is 1. The quantitative estimate of drug-likeness (QED) is 0.399. The van der Waals surface area contributed by atoms with Gasteiger partial charge in [0.25, 0.3) is 0 Å². The molecule has 0 saturated heterocycles. The number of nitrogens with one attached hydrogen (secondary N) is 1. The van der Waals surface area contributed by atoms with Crippen molar-refractivity contribution in [2.75, 3.05) is 26.0 Å². The Hall–Kier alpha value is -3.48. The Morgan fingerprint density at radius 3 is 2.60 bits per heavy atom. The van der Waals surface area contributed by atoms with Crippen molar-refractivity contribution in [3.63, 3.8) is 0 Å². The van der Waals surface area contributed by atoms with Gasteiger partial charge in [-0.05, 0) is 86.1 Å². The number of rotatable bonds is 9. The van der Waals surface area contributed by atoms with Gasteiger partial charge in [-0.25, -0.2) is 0 Å². The van der Waals surface area contributed by atoms with Gasteiger partial charge in [0.2, 0.25) is 5.91 Å². The first-order valence-electron chi connectivity index (χ1n) is 11.5. The van der Waals surface area contributed by atoms with Crippen LogP contribution in [0, 0.1) is 0 Å². The topological polar surface area (TPSA) is 82.0 Å². The zero-order valence-corrected chi connectivity index (χ0v) is 20.5. The van der Waals surface area contributed by atoms with Crippen LogP contribution in [-0.4, -0.2) is 48.2 Å². The molecule has 1 unspecified atom stereocenters. The fraction of sp³-hybridized carbons (Fsp3) is 0.250.